The fourth-order valence-corrected chi connectivity index (χ4v) is 1.86. The molecule has 0 aromatic heterocycles. The molecule has 0 amide bonds. The largest absolute Gasteiger partial charge is 2.00 e. The van der Waals surface area contributed by atoms with E-state index in [1.54, 1.807) is 12.1 Å². The maximum absolute atomic E-state index is 10.5. The number of nitrogens with one attached hydrogen (secondary N) is 1. The molecule has 0 fully saturated rings. The van der Waals surface area contributed by atoms with E-state index in [1.807, 2.05) is 31.2 Å². The molecule has 1 N–H and O–H groups in total. The number of nitro groups is 1. The summed E-state index contributed by atoms with van der Waals surface area (Å²) in [6.45, 7) is 1.91. The van der Waals surface area contributed by atoms with Gasteiger partial charge in [-0.15, -0.1) is 6.42 Å². The Morgan fingerprint density at radius 1 is 1.25 bits per heavy atom. The van der Waals surface area contributed by atoms with Crippen molar-refractivity contribution in [1.82, 2.24) is 0 Å². The van der Waals surface area contributed by atoms with Crippen molar-refractivity contribution >= 4 is 17.1 Å². The van der Waals surface area contributed by atoms with Crippen LogP contribution in [0.4, 0.5) is 11.4 Å². The summed E-state index contributed by atoms with van der Waals surface area (Å²) in [4.78, 5) is 10.1. The van der Waals surface area contributed by atoms with Crippen LogP contribution in [-0.4, -0.2) is 10.6 Å². The molecule has 0 bridgehead atoms. The number of hydrogen-bond donors (Lipinski definition) is 1. The molecule has 0 spiro atoms. The number of anilines is 1. The Bertz CT molecular complexity index is 691. The Morgan fingerprint density at radius 2 is 2.00 bits per heavy atom. The molecule has 0 aliphatic heterocycles. The number of allylic oxidation sites excluding steroid dienone is 8. The standard InChI is InChI=1S/C13H12N3O2.C5H5.Fe/c1-10(11-4-2-3-5-11)14-15-12-6-8-13(9-7-12)16(17)18;1-2-4-5-3-1;/h2,5-9,15H,4H2,1H3;1-2,5H,3H2;/q2*-1;+2/b14-10+;;. The summed E-state index contributed by atoms with van der Waals surface area (Å²) < 4.78 is 0. The van der Waals surface area contributed by atoms with Crippen molar-refractivity contribution in [2.75, 3.05) is 5.43 Å². The zero-order valence-electron chi connectivity index (χ0n) is 13.2. The van der Waals surface area contributed by atoms with Crippen LogP contribution in [0, 0.1) is 22.3 Å². The maximum Gasteiger partial charge on any atom is 2.00 e. The van der Waals surface area contributed by atoms with Crippen LogP contribution in [0.3, 0.4) is 0 Å². The van der Waals surface area contributed by atoms with Gasteiger partial charge in [-0.25, -0.2) is 18.2 Å². The molecule has 0 atom stereocenters. The summed E-state index contributed by atoms with van der Waals surface area (Å²) in [6.07, 6.45) is 17.7. The predicted octanol–water partition coefficient (Wildman–Crippen LogP) is 4.38. The quantitative estimate of drug-likeness (QED) is 0.284. The van der Waals surface area contributed by atoms with Crippen molar-refractivity contribution in [2.45, 2.75) is 19.8 Å². The Kier molecular flexibility index (Phi) is 8.47. The fourth-order valence-electron chi connectivity index (χ4n) is 1.86. The van der Waals surface area contributed by atoms with Gasteiger partial charge in [-0.05, 0) is 24.8 Å². The first-order valence-corrected chi connectivity index (χ1v) is 7.21. The number of hydrazone groups is 1. The SMILES string of the molecule is C/C(=N\Nc1ccc([N+](=O)[O-])cc1)C1=C[C-]=CC1.[C-]1=CCC=C1.[Fe+2]. The minimum absolute atomic E-state index is 0. The first-order valence-electron chi connectivity index (χ1n) is 7.21. The van der Waals surface area contributed by atoms with Crippen molar-refractivity contribution in [3.8, 4) is 0 Å². The molecule has 2 aliphatic rings. The van der Waals surface area contributed by atoms with Gasteiger partial charge in [-0.1, -0.05) is 6.42 Å². The van der Waals surface area contributed by atoms with Crippen LogP contribution in [0.5, 0.6) is 0 Å². The average Bonchev–Trinajstić information content (AvgIpc) is 3.28. The summed E-state index contributed by atoms with van der Waals surface area (Å²) in [5.74, 6) is 0. The van der Waals surface area contributed by atoms with Gasteiger partial charge < -0.3 is 0 Å². The van der Waals surface area contributed by atoms with E-state index in [0.29, 0.717) is 0 Å². The first kappa shape index (κ1) is 19.6. The van der Waals surface area contributed by atoms with Crippen LogP contribution < -0.4 is 5.43 Å². The first-order chi connectivity index (χ1) is 11.2. The number of nitrogens with zero attached hydrogens (tertiary/aromatic N) is 2. The van der Waals surface area contributed by atoms with Gasteiger partial charge in [0.05, 0.1) is 10.6 Å². The van der Waals surface area contributed by atoms with Crippen LogP contribution in [0.25, 0.3) is 0 Å². The molecule has 24 heavy (non-hydrogen) atoms. The summed E-state index contributed by atoms with van der Waals surface area (Å²) >= 11 is 0. The van der Waals surface area contributed by atoms with E-state index in [1.165, 1.54) is 12.1 Å². The molecule has 3 rings (SSSR count). The maximum atomic E-state index is 10.5. The predicted molar refractivity (Wildman–Crippen MR) is 91.9 cm³/mol. The number of benzene rings is 1. The zero-order valence-corrected chi connectivity index (χ0v) is 14.3. The van der Waals surface area contributed by atoms with Crippen molar-refractivity contribution < 1.29 is 22.0 Å². The minimum Gasteiger partial charge on any atom is -0.280 e. The van der Waals surface area contributed by atoms with Gasteiger partial charge in [-0.2, -0.15) is 22.8 Å². The monoisotopic (exact) mass is 363 g/mol. The van der Waals surface area contributed by atoms with Crippen molar-refractivity contribution in [3.05, 3.63) is 82.5 Å². The summed E-state index contributed by atoms with van der Waals surface area (Å²) in [5.41, 5.74) is 5.66. The van der Waals surface area contributed by atoms with E-state index >= 15 is 0 Å². The van der Waals surface area contributed by atoms with Gasteiger partial charge in [-0.3, -0.25) is 27.7 Å². The molecule has 0 heterocycles. The normalized spacial score (nSPS) is 14.5. The van der Waals surface area contributed by atoms with E-state index in [4.69, 9.17) is 0 Å². The van der Waals surface area contributed by atoms with E-state index in [9.17, 15) is 10.1 Å². The van der Waals surface area contributed by atoms with Crippen molar-refractivity contribution in [2.24, 2.45) is 5.10 Å². The second kappa shape index (κ2) is 10.4. The molecular formula is C18H17FeN3O2. The molecule has 1 aromatic carbocycles. The smallest absolute Gasteiger partial charge is 0.280 e. The molecule has 0 saturated carbocycles. The third kappa shape index (κ3) is 6.36. The number of hydrogen-bond acceptors (Lipinski definition) is 4. The summed E-state index contributed by atoms with van der Waals surface area (Å²) in [5, 5.41) is 14.7. The molecular weight excluding hydrogens is 346 g/mol. The molecule has 2 aliphatic carbocycles. The number of rotatable bonds is 4. The third-order valence-electron chi connectivity index (χ3n) is 3.18. The zero-order chi connectivity index (χ0) is 16.5. The van der Waals surface area contributed by atoms with E-state index < -0.39 is 4.92 Å². The van der Waals surface area contributed by atoms with E-state index in [2.05, 4.69) is 28.8 Å². The molecule has 0 unspecified atom stereocenters. The van der Waals surface area contributed by atoms with E-state index in [0.717, 1.165) is 29.8 Å². The fraction of sp³-hybridized carbons (Fsp3) is 0.167. The topological polar surface area (TPSA) is 67.5 Å². The van der Waals surface area contributed by atoms with Crippen molar-refractivity contribution in [1.29, 1.82) is 0 Å². The molecule has 5 nitrogen and oxygen atoms in total. The van der Waals surface area contributed by atoms with Crippen LogP contribution in [0.2, 0.25) is 0 Å². The van der Waals surface area contributed by atoms with Gasteiger partial charge in [0.1, 0.15) is 0 Å². The van der Waals surface area contributed by atoms with Crippen molar-refractivity contribution in [3.63, 3.8) is 0 Å². The third-order valence-corrected chi connectivity index (χ3v) is 3.18. The summed E-state index contributed by atoms with van der Waals surface area (Å²) in [6, 6.07) is 6.14. The Balaban J connectivity index is 0.000000412. The molecule has 0 saturated heterocycles. The van der Waals surface area contributed by atoms with E-state index in [-0.39, 0.29) is 22.8 Å². The second-order valence-corrected chi connectivity index (χ2v) is 4.87. The van der Waals surface area contributed by atoms with Crippen LogP contribution in [0.15, 0.2) is 65.3 Å². The Labute approximate surface area is 152 Å². The van der Waals surface area contributed by atoms with Gasteiger partial charge >= 0.3 is 17.1 Å². The second-order valence-electron chi connectivity index (χ2n) is 4.87. The number of non-ortho nitro benzene ring substituents is 1. The van der Waals surface area contributed by atoms with Gasteiger partial charge in [0.25, 0.3) is 5.69 Å². The van der Waals surface area contributed by atoms with Gasteiger partial charge in [0.2, 0.25) is 0 Å². The molecule has 1 aromatic rings. The Hall–Kier alpha value is -2.43. The van der Waals surface area contributed by atoms with Crippen LogP contribution in [-0.2, 0) is 17.1 Å². The van der Waals surface area contributed by atoms with Crippen LogP contribution >= 0.6 is 0 Å². The molecule has 0 radical (unpaired) electrons. The molecule has 124 valence electrons. The van der Waals surface area contributed by atoms with Crippen LogP contribution in [0.1, 0.15) is 19.8 Å². The Morgan fingerprint density at radius 3 is 2.46 bits per heavy atom. The average molecular weight is 363 g/mol. The number of nitro benzene ring substituents is 1. The van der Waals surface area contributed by atoms with Gasteiger partial charge in [0.15, 0.2) is 0 Å². The summed E-state index contributed by atoms with van der Waals surface area (Å²) in [7, 11) is 0. The molecule has 6 heteroatoms. The van der Waals surface area contributed by atoms with Gasteiger partial charge in [0, 0.05) is 12.1 Å². The minimum atomic E-state index is -0.427.